The lowest BCUT2D eigenvalue weighted by Crippen LogP contribution is -2.28. The van der Waals surface area contributed by atoms with Crippen LogP contribution in [0.4, 0.5) is 0 Å². The Hall–Kier alpha value is -0.910. The minimum Gasteiger partial charge on any atom is -0.312 e. The first-order valence-corrected chi connectivity index (χ1v) is 6.72. The standard InChI is InChI=1S/C10H17N3O2S/c1-16-9(7-11)10(12-15-13-14)8-5-3-2-4-6-8/h7-9,11H,2-6H2,1H3/b11-7?,12-10-. The van der Waals surface area contributed by atoms with Gasteiger partial charge >= 0.3 is 0 Å². The Morgan fingerprint density at radius 3 is 2.69 bits per heavy atom. The van der Waals surface area contributed by atoms with Crippen molar-refractivity contribution in [3.05, 3.63) is 4.91 Å². The average molecular weight is 243 g/mol. The number of nitrogens with zero attached hydrogens (tertiary/aromatic N) is 2. The van der Waals surface area contributed by atoms with E-state index in [1.807, 2.05) is 6.26 Å². The van der Waals surface area contributed by atoms with Crippen molar-refractivity contribution in [3.63, 3.8) is 0 Å². The number of thioether (sulfide) groups is 1. The maximum atomic E-state index is 9.95. The molecule has 1 aliphatic rings. The van der Waals surface area contributed by atoms with Crippen LogP contribution < -0.4 is 0 Å². The second-order valence-electron chi connectivity index (χ2n) is 3.83. The number of hydrogen-bond donors (Lipinski definition) is 1. The van der Waals surface area contributed by atoms with Gasteiger partial charge in [0.15, 0.2) is 5.34 Å². The summed E-state index contributed by atoms with van der Waals surface area (Å²) in [4.78, 5) is 14.2. The lowest BCUT2D eigenvalue weighted by molar-refractivity contribution is 0.147. The van der Waals surface area contributed by atoms with Crippen LogP contribution in [0, 0.1) is 16.2 Å². The molecule has 1 atom stereocenters. The third-order valence-electron chi connectivity index (χ3n) is 2.90. The molecule has 1 unspecified atom stereocenters. The van der Waals surface area contributed by atoms with E-state index in [1.165, 1.54) is 37.2 Å². The molecular weight excluding hydrogens is 226 g/mol. The summed E-state index contributed by atoms with van der Waals surface area (Å²) in [6, 6.07) is 0. The number of hydrogen-bond acceptors (Lipinski definition) is 6. The van der Waals surface area contributed by atoms with Crippen LogP contribution in [0.15, 0.2) is 10.5 Å². The van der Waals surface area contributed by atoms with Gasteiger partial charge in [-0.1, -0.05) is 24.4 Å². The van der Waals surface area contributed by atoms with Gasteiger partial charge in [0.05, 0.1) is 11.0 Å². The van der Waals surface area contributed by atoms with Crippen molar-refractivity contribution >= 4 is 23.7 Å². The van der Waals surface area contributed by atoms with E-state index >= 15 is 0 Å². The summed E-state index contributed by atoms with van der Waals surface area (Å²) in [5.41, 5.74) is 0.779. The number of nitrogens with one attached hydrogen (secondary N) is 1. The second-order valence-corrected chi connectivity index (χ2v) is 4.81. The summed E-state index contributed by atoms with van der Waals surface area (Å²) < 4.78 is 0. The van der Waals surface area contributed by atoms with Gasteiger partial charge in [-0.3, -0.25) is 0 Å². The van der Waals surface area contributed by atoms with Gasteiger partial charge in [0, 0.05) is 12.1 Å². The first kappa shape index (κ1) is 13.2. The lowest BCUT2D eigenvalue weighted by atomic mass is 9.85. The summed E-state index contributed by atoms with van der Waals surface area (Å²) in [5.74, 6) is 0.328. The van der Waals surface area contributed by atoms with Crippen LogP contribution in [-0.4, -0.2) is 23.4 Å². The Morgan fingerprint density at radius 2 is 2.19 bits per heavy atom. The van der Waals surface area contributed by atoms with Crippen LogP contribution in [0.3, 0.4) is 0 Å². The molecule has 1 fully saturated rings. The Bertz CT molecular complexity index is 265. The highest BCUT2D eigenvalue weighted by Crippen LogP contribution is 2.28. The van der Waals surface area contributed by atoms with Gasteiger partial charge in [-0.25, -0.2) is 4.94 Å². The Labute approximate surface area is 99.4 Å². The normalized spacial score (nSPS) is 20.2. The zero-order valence-corrected chi connectivity index (χ0v) is 10.2. The van der Waals surface area contributed by atoms with E-state index in [0.29, 0.717) is 5.92 Å². The van der Waals surface area contributed by atoms with Crippen molar-refractivity contribution in [1.29, 1.82) is 5.41 Å². The molecule has 0 aromatic heterocycles. The first-order chi connectivity index (χ1) is 7.83. The lowest BCUT2D eigenvalue weighted by Gasteiger charge is -2.25. The largest absolute Gasteiger partial charge is 0.312 e. The van der Waals surface area contributed by atoms with Crippen LogP contribution in [-0.2, 0) is 4.94 Å². The Balaban J connectivity index is 2.75. The fourth-order valence-corrected chi connectivity index (χ4v) is 2.71. The van der Waals surface area contributed by atoms with E-state index < -0.39 is 0 Å². The van der Waals surface area contributed by atoms with Crippen LogP contribution >= 0.6 is 11.8 Å². The highest BCUT2D eigenvalue weighted by Gasteiger charge is 2.25. The van der Waals surface area contributed by atoms with Crippen molar-refractivity contribution < 1.29 is 4.94 Å². The fourth-order valence-electron chi connectivity index (χ4n) is 2.10. The van der Waals surface area contributed by atoms with Gasteiger partial charge in [0.2, 0.25) is 0 Å². The molecule has 0 aromatic rings. The van der Waals surface area contributed by atoms with Gasteiger partial charge < -0.3 is 5.41 Å². The molecule has 16 heavy (non-hydrogen) atoms. The predicted octanol–water partition coefficient (Wildman–Crippen LogP) is 3.00. The molecular formula is C10H17N3O2S. The quantitative estimate of drug-likeness (QED) is 0.442. The average Bonchev–Trinajstić information content (AvgIpc) is 2.35. The molecule has 0 saturated heterocycles. The molecule has 0 heterocycles. The topological polar surface area (TPSA) is 74.9 Å². The SMILES string of the molecule is CSC(C=N)/C(=N\ON=O)C1CCCCC1. The highest BCUT2D eigenvalue weighted by molar-refractivity contribution is 8.00. The highest BCUT2D eigenvalue weighted by atomic mass is 32.2. The molecule has 0 aliphatic heterocycles. The second kappa shape index (κ2) is 7.38. The molecule has 1 N–H and O–H groups in total. The first-order valence-electron chi connectivity index (χ1n) is 5.43. The zero-order chi connectivity index (χ0) is 11.8. The zero-order valence-electron chi connectivity index (χ0n) is 9.39. The van der Waals surface area contributed by atoms with Gasteiger partial charge in [-0.05, 0) is 19.1 Å². The van der Waals surface area contributed by atoms with Crippen molar-refractivity contribution in [2.75, 3.05) is 6.26 Å². The van der Waals surface area contributed by atoms with Crippen LogP contribution in [0.1, 0.15) is 32.1 Å². The molecule has 6 heteroatoms. The fraction of sp³-hybridized carbons (Fsp3) is 0.800. The van der Waals surface area contributed by atoms with E-state index in [1.54, 1.807) is 0 Å². The van der Waals surface area contributed by atoms with Gasteiger partial charge in [0.1, 0.15) is 0 Å². The van der Waals surface area contributed by atoms with Crippen LogP contribution in [0.5, 0.6) is 0 Å². The summed E-state index contributed by atoms with van der Waals surface area (Å²) in [7, 11) is 0. The van der Waals surface area contributed by atoms with E-state index in [-0.39, 0.29) is 5.25 Å². The van der Waals surface area contributed by atoms with E-state index in [2.05, 4.69) is 15.4 Å². The summed E-state index contributed by atoms with van der Waals surface area (Å²) in [6.07, 6.45) is 8.99. The third kappa shape index (κ3) is 3.59. The van der Waals surface area contributed by atoms with Crippen LogP contribution in [0.25, 0.3) is 0 Å². The van der Waals surface area contributed by atoms with E-state index in [0.717, 1.165) is 18.6 Å². The molecule has 5 nitrogen and oxygen atoms in total. The predicted molar refractivity (Wildman–Crippen MR) is 67.0 cm³/mol. The molecule has 0 aromatic carbocycles. The molecule has 1 saturated carbocycles. The number of rotatable bonds is 6. The van der Waals surface area contributed by atoms with Crippen molar-refractivity contribution in [3.8, 4) is 0 Å². The van der Waals surface area contributed by atoms with Crippen LogP contribution in [0.2, 0.25) is 0 Å². The summed E-state index contributed by atoms with van der Waals surface area (Å²) in [5, 5.41) is 13.3. The molecule has 1 rings (SSSR count). The Kier molecular flexibility index (Phi) is 6.07. The molecule has 0 bridgehead atoms. The Morgan fingerprint density at radius 1 is 1.50 bits per heavy atom. The monoisotopic (exact) mass is 243 g/mol. The third-order valence-corrected chi connectivity index (χ3v) is 3.79. The summed E-state index contributed by atoms with van der Waals surface area (Å²) in [6.45, 7) is 0. The number of oxime groups is 1. The van der Waals surface area contributed by atoms with Gasteiger partial charge in [0.25, 0.3) is 0 Å². The van der Waals surface area contributed by atoms with Crippen molar-refractivity contribution in [2.24, 2.45) is 16.4 Å². The molecule has 0 radical (unpaired) electrons. The van der Waals surface area contributed by atoms with E-state index in [4.69, 9.17) is 5.41 Å². The molecule has 90 valence electrons. The van der Waals surface area contributed by atoms with Gasteiger partial charge in [-0.2, -0.15) is 0 Å². The van der Waals surface area contributed by atoms with E-state index in [9.17, 15) is 4.91 Å². The molecule has 1 aliphatic carbocycles. The van der Waals surface area contributed by atoms with Crippen molar-refractivity contribution in [1.82, 2.24) is 0 Å². The maximum absolute atomic E-state index is 9.95. The molecule has 0 spiro atoms. The smallest absolute Gasteiger partial charge is 0.184 e. The van der Waals surface area contributed by atoms with Gasteiger partial charge in [-0.15, -0.1) is 16.7 Å². The van der Waals surface area contributed by atoms with Crippen molar-refractivity contribution in [2.45, 2.75) is 37.4 Å². The minimum atomic E-state index is -0.107. The summed E-state index contributed by atoms with van der Waals surface area (Å²) >= 11 is 1.52. The maximum Gasteiger partial charge on any atom is 0.184 e. The molecule has 0 amide bonds. The minimum absolute atomic E-state index is 0.107.